The van der Waals surface area contributed by atoms with Crippen molar-refractivity contribution in [3.63, 3.8) is 0 Å². The first kappa shape index (κ1) is 22.6. The lowest BCUT2D eigenvalue weighted by Gasteiger charge is -2.16. The number of ether oxygens (including phenoxy) is 1. The monoisotopic (exact) mass is 462 g/mol. The average Bonchev–Trinajstić information content (AvgIpc) is 3.09. The van der Waals surface area contributed by atoms with E-state index in [9.17, 15) is 13.2 Å². The number of hydrogen-bond donors (Lipinski definition) is 1. The Kier molecular flexibility index (Phi) is 6.24. The van der Waals surface area contributed by atoms with E-state index in [2.05, 4.69) is 4.83 Å². The van der Waals surface area contributed by atoms with E-state index < -0.39 is 16.0 Å². The molecule has 0 fully saturated rings. The summed E-state index contributed by atoms with van der Waals surface area (Å²) >= 11 is 0. The van der Waals surface area contributed by atoms with Crippen molar-refractivity contribution in [1.82, 2.24) is 4.68 Å². The van der Waals surface area contributed by atoms with Gasteiger partial charge in [-0.3, -0.25) is 4.68 Å². The fourth-order valence-corrected chi connectivity index (χ4v) is 4.97. The zero-order valence-corrected chi connectivity index (χ0v) is 19.6. The van der Waals surface area contributed by atoms with E-state index in [-0.39, 0.29) is 11.5 Å². The zero-order valence-electron chi connectivity index (χ0n) is 18.8. The van der Waals surface area contributed by atoms with Crippen molar-refractivity contribution in [3.05, 3.63) is 101 Å². The van der Waals surface area contributed by atoms with E-state index in [0.717, 1.165) is 21.9 Å². The van der Waals surface area contributed by atoms with Crippen molar-refractivity contribution in [2.45, 2.75) is 32.1 Å². The number of aryl methyl sites for hydroxylation is 1. The summed E-state index contributed by atoms with van der Waals surface area (Å²) in [6.45, 7) is 5.57. The summed E-state index contributed by atoms with van der Waals surface area (Å²) in [6.07, 6.45) is 0.429. The summed E-state index contributed by atoms with van der Waals surface area (Å²) < 4.78 is 32.9. The normalized spacial score (nSPS) is 11.5. The molecule has 170 valence electrons. The molecule has 33 heavy (non-hydrogen) atoms. The van der Waals surface area contributed by atoms with Crippen molar-refractivity contribution in [2.24, 2.45) is 0 Å². The largest absolute Gasteiger partial charge is 0.462 e. The Labute approximate surface area is 193 Å². The molecular formula is C26H26N2O4S. The Morgan fingerprint density at radius 2 is 1.67 bits per heavy atom. The number of fused-ring (bicyclic) bond motifs is 1. The van der Waals surface area contributed by atoms with Gasteiger partial charge in [-0.25, -0.2) is 9.63 Å². The van der Waals surface area contributed by atoms with Gasteiger partial charge in [0.2, 0.25) is 0 Å². The van der Waals surface area contributed by atoms with Gasteiger partial charge in [-0.1, -0.05) is 60.2 Å². The molecule has 0 amide bonds. The van der Waals surface area contributed by atoms with Gasteiger partial charge in [0.05, 0.1) is 22.8 Å². The van der Waals surface area contributed by atoms with E-state index in [1.807, 2.05) is 49.4 Å². The minimum atomic E-state index is -3.87. The third kappa shape index (κ3) is 4.64. The fourth-order valence-electron chi connectivity index (χ4n) is 3.88. The summed E-state index contributed by atoms with van der Waals surface area (Å²) in [6, 6.07) is 22.4. The van der Waals surface area contributed by atoms with E-state index in [1.165, 1.54) is 4.68 Å². The highest BCUT2D eigenvalue weighted by Crippen LogP contribution is 2.25. The molecule has 7 heteroatoms. The second-order valence-electron chi connectivity index (χ2n) is 7.91. The quantitative estimate of drug-likeness (QED) is 0.394. The summed E-state index contributed by atoms with van der Waals surface area (Å²) in [7, 11) is -3.87. The second kappa shape index (κ2) is 9.11. The van der Waals surface area contributed by atoms with Crippen LogP contribution >= 0.6 is 0 Å². The lowest BCUT2D eigenvalue weighted by molar-refractivity contribution is 0.0525. The molecule has 4 rings (SSSR count). The molecule has 6 nitrogen and oxygen atoms in total. The van der Waals surface area contributed by atoms with Gasteiger partial charge in [0, 0.05) is 12.1 Å². The van der Waals surface area contributed by atoms with E-state index in [1.54, 1.807) is 44.2 Å². The molecule has 0 aliphatic heterocycles. The van der Waals surface area contributed by atoms with Crippen LogP contribution in [0, 0.1) is 13.8 Å². The van der Waals surface area contributed by atoms with Crippen LogP contribution in [0.25, 0.3) is 10.8 Å². The average molecular weight is 463 g/mol. The molecule has 0 aliphatic rings. The van der Waals surface area contributed by atoms with Gasteiger partial charge in [-0.15, -0.1) is 0 Å². The van der Waals surface area contributed by atoms with Crippen LogP contribution in [0.4, 0.5) is 0 Å². The van der Waals surface area contributed by atoms with Crippen LogP contribution < -0.4 is 4.83 Å². The number of benzene rings is 3. The number of nitrogens with zero attached hydrogens (tertiary/aromatic N) is 1. The molecule has 0 radical (unpaired) electrons. The van der Waals surface area contributed by atoms with Crippen molar-refractivity contribution < 1.29 is 17.9 Å². The molecule has 0 bridgehead atoms. The highest BCUT2D eigenvalue weighted by Gasteiger charge is 2.23. The van der Waals surface area contributed by atoms with Gasteiger partial charge in [0.1, 0.15) is 0 Å². The van der Waals surface area contributed by atoms with Crippen LogP contribution in [0.1, 0.15) is 39.8 Å². The first-order valence-corrected chi connectivity index (χ1v) is 12.2. The Balaban J connectivity index is 1.79. The van der Waals surface area contributed by atoms with Crippen molar-refractivity contribution >= 4 is 26.8 Å². The summed E-state index contributed by atoms with van der Waals surface area (Å²) in [5, 5.41) is 2.17. The first-order chi connectivity index (χ1) is 15.8. The van der Waals surface area contributed by atoms with Gasteiger partial charge in [0.15, 0.2) is 0 Å². The summed E-state index contributed by atoms with van der Waals surface area (Å²) in [5.41, 5.74) is 3.43. The lowest BCUT2D eigenvalue weighted by atomic mass is 10.0. The molecule has 0 spiro atoms. The molecule has 0 saturated carbocycles. The van der Waals surface area contributed by atoms with E-state index in [4.69, 9.17) is 4.74 Å². The van der Waals surface area contributed by atoms with E-state index >= 15 is 0 Å². The molecule has 1 N–H and O–H groups in total. The minimum absolute atomic E-state index is 0.148. The lowest BCUT2D eigenvalue weighted by Crippen LogP contribution is -2.26. The first-order valence-electron chi connectivity index (χ1n) is 10.7. The molecule has 0 aliphatic carbocycles. The van der Waals surface area contributed by atoms with Crippen LogP contribution in [0.5, 0.6) is 0 Å². The number of rotatable bonds is 7. The molecule has 0 unspecified atom stereocenters. The number of carbonyl (C=O) groups is 1. The Morgan fingerprint density at radius 1 is 0.970 bits per heavy atom. The maximum absolute atomic E-state index is 13.1. The summed E-state index contributed by atoms with van der Waals surface area (Å²) in [4.78, 5) is 15.4. The van der Waals surface area contributed by atoms with Gasteiger partial charge in [-0.05, 0) is 55.3 Å². The molecule has 3 aromatic carbocycles. The number of carbonyl (C=O) groups excluding carboxylic acids is 1. The van der Waals surface area contributed by atoms with Crippen LogP contribution in [-0.4, -0.2) is 25.7 Å². The van der Waals surface area contributed by atoms with Gasteiger partial charge in [0.25, 0.3) is 10.0 Å². The van der Waals surface area contributed by atoms with Crippen LogP contribution in [0.2, 0.25) is 0 Å². The Bertz CT molecular complexity index is 1420. The number of esters is 1. The minimum Gasteiger partial charge on any atom is -0.462 e. The molecule has 1 aromatic heterocycles. The van der Waals surface area contributed by atoms with Crippen molar-refractivity contribution in [1.29, 1.82) is 0 Å². The SMILES string of the molecule is CCOC(=O)c1cc(Cc2cccc3ccccc23)n(NS(=O)(=O)c2ccc(C)cc2)c1C. The zero-order chi connectivity index (χ0) is 23.6. The predicted octanol–water partition coefficient (Wildman–Crippen LogP) is 4.96. The maximum Gasteiger partial charge on any atom is 0.340 e. The standard InChI is InChI=1S/C26H26N2O4S/c1-4-32-26(29)25-17-22(16-21-10-7-9-20-8-5-6-11-24(20)21)28(19(25)3)27-33(30,31)23-14-12-18(2)13-15-23/h5-15,17,27H,4,16H2,1-3H3. The molecule has 4 aromatic rings. The number of hydrogen-bond acceptors (Lipinski definition) is 4. The number of nitrogens with one attached hydrogen (secondary N) is 1. The maximum atomic E-state index is 13.1. The molecule has 0 saturated heterocycles. The third-order valence-corrected chi connectivity index (χ3v) is 6.93. The second-order valence-corrected chi connectivity index (χ2v) is 9.57. The van der Waals surface area contributed by atoms with Crippen LogP contribution in [-0.2, 0) is 21.2 Å². The Hall–Kier alpha value is -3.58. The summed E-state index contributed by atoms with van der Waals surface area (Å²) in [5.74, 6) is -0.484. The van der Waals surface area contributed by atoms with Gasteiger partial charge < -0.3 is 4.74 Å². The van der Waals surface area contributed by atoms with Crippen LogP contribution in [0.3, 0.4) is 0 Å². The topological polar surface area (TPSA) is 77.4 Å². The van der Waals surface area contributed by atoms with Gasteiger partial charge >= 0.3 is 5.97 Å². The van der Waals surface area contributed by atoms with Crippen molar-refractivity contribution in [2.75, 3.05) is 11.4 Å². The molecule has 0 atom stereocenters. The van der Waals surface area contributed by atoms with Crippen molar-refractivity contribution in [3.8, 4) is 0 Å². The molecular weight excluding hydrogens is 436 g/mol. The highest BCUT2D eigenvalue weighted by atomic mass is 32.2. The number of sulfonamides is 1. The smallest absolute Gasteiger partial charge is 0.340 e. The number of aromatic nitrogens is 1. The highest BCUT2D eigenvalue weighted by molar-refractivity contribution is 7.92. The predicted molar refractivity (Wildman–Crippen MR) is 130 cm³/mol. The van der Waals surface area contributed by atoms with Gasteiger partial charge in [-0.2, -0.15) is 8.42 Å². The molecule has 1 heterocycles. The van der Waals surface area contributed by atoms with Crippen LogP contribution in [0.15, 0.2) is 77.7 Å². The van der Waals surface area contributed by atoms with E-state index in [0.29, 0.717) is 23.4 Å². The third-order valence-electron chi connectivity index (χ3n) is 5.61. The fraction of sp³-hybridized carbons (Fsp3) is 0.192. The Morgan fingerprint density at radius 3 is 2.39 bits per heavy atom.